The van der Waals surface area contributed by atoms with Crippen molar-refractivity contribution in [1.82, 2.24) is 24.6 Å². The van der Waals surface area contributed by atoms with Crippen molar-refractivity contribution in [2.45, 2.75) is 46.1 Å². The number of aryl methyl sites for hydroxylation is 1. The van der Waals surface area contributed by atoms with Crippen LogP contribution in [0.25, 0.3) is 16.7 Å². The quantitative estimate of drug-likeness (QED) is 0.302. The van der Waals surface area contributed by atoms with Gasteiger partial charge >= 0.3 is 0 Å². The van der Waals surface area contributed by atoms with Crippen molar-refractivity contribution >= 4 is 22.8 Å². The Labute approximate surface area is 228 Å². The summed E-state index contributed by atoms with van der Waals surface area (Å²) in [7, 11) is 0. The molecule has 2 aromatic carbocycles. The summed E-state index contributed by atoms with van der Waals surface area (Å²) in [6.07, 6.45) is 2.00. The maximum absolute atomic E-state index is 13.6. The normalized spacial score (nSPS) is 14.7. The fourth-order valence-electron chi connectivity index (χ4n) is 5.04. The smallest absolute Gasteiger partial charge is 0.248 e. The molecule has 0 bridgehead atoms. The fourth-order valence-corrected chi connectivity index (χ4v) is 5.04. The molecule has 1 aliphatic rings. The largest absolute Gasteiger partial charge is 0.367 e. The number of carbonyl (C=O) groups is 1. The van der Waals surface area contributed by atoms with E-state index >= 15 is 0 Å². The number of carbonyl (C=O) groups excluding carboxylic acids is 1. The molecule has 1 atom stereocenters. The highest BCUT2D eigenvalue weighted by Crippen LogP contribution is 2.32. The monoisotopic (exact) mass is 530 g/mol. The van der Waals surface area contributed by atoms with Crippen LogP contribution in [0.5, 0.6) is 0 Å². The van der Waals surface area contributed by atoms with E-state index in [4.69, 9.17) is 19.8 Å². The molecule has 0 saturated carbocycles. The topological polar surface area (TPSA) is 76.4 Å². The molecule has 0 spiro atoms. The molecule has 39 heavy (non-hydrogen) atoms. The minimum absolute atomic E-state index is 0.00372. The average molecular weight is 531 g/mol. The number of hydrogen-bond acceptors (Lipinski definition) is 6. The van der Waals surface area contributed by atoms with Gasteiger partial charge in [0.05, 0.1) is 23.4 Å². The predicted octanol–water partition coefficient (Wildman–Crippen LogP) is 5.03. The van der Waals surface area contributed by atoms with Crippen LogP contribution >= 0.6 is 0 Å². The van der Waals surface area contributed by atoms with Gasteiger partial charge in [-0.1, -0.05) is 50.6 Å². The van der Waals surface area contributed by atoms with Crippen molar-refractivity contribution in [3.05, 3.63) is 77.5 Å². The van der Waals surface area contributed by atoms with Crippen LogP contribution in [0.15, 0.2) is 54.6 Å². The van der Waals surface area contributed by atoms with Crippen LogP contribution in [0, 0.1) is 12.7 Å². The summed E-state index contributed by atoms with van der Waals surface area (Å²) >= 11 is 0. The van der Waals surface area contributed by atoms with Gasteiger partial charge in [0.15, 0.2) is 5.65 Å². The van der Waals surface area contributed by atoms with Crippen molar-refractivity contribution in [2.75, 3.05) is 37.7 Å². The number of nitrogens with zero attached hydrogens (tertiary/aromatic N) is 6. The minimum Gasteiger partial charge on any atom is -0.367 e. The van der Waals surface area contributed by atoms with E-state index in [-0.39, 0.29) is 24.2 Å². The number of rotatable bonds is 9. The van der Waals surface area contributed by atoms with E-state index in [2.05, 4.69) is 18.7 Å². The average Bonchev–Trinajstić information content (AvgIpc) is 3.30. The lowest BCUT2D eigenvalue weighted by Gasteiger charge is -2.36. The number of anilines is 1. The minimum atomic E-state index is -0.294. The molecule has 0 radical (unpaired) electrons. The van der Waals surface area contributed by atoms with Gasteiger partial charge in [0.1, 0.15) is 24.1 Å². The van der Waals surface area contributed by atoms with E-state index in [1.54, 1.807) is 16.8 Å². The summed E-state index contributed by atoms with van der Waals surface area (Å²) < 4.78 is 21.1. The summed E-state index contributed by atoms with van der Waals surface area (Å²) in [6, 6.07) is 16.1. The van der Waals surface area contributed by atoms with E-state index in [9.17, 15) is 9.18 Å². The van der Waals surface area contributed by atoms with E-state index < -0.39 is 0 Å². The van der Waals surface area contributed by atoms with E-state index in [0.717, 1.165) is 52.5 Å². The SMILES string of the molecule is CCCC(C)c1nc(N2CCN(C(=O)COCc3ccccc3)CC2)c2c(C)nn(-c3ccc(F)cc3)c2n1. The Kier molecular flexibility index (Phi) is 8.16. The van der Waals surface area contributed by atoms with Crippen LogP contribution in [0.3, 0.4) is 0 Å². The first kappa shape index (κ1) is 26.7. The summed E-state index contributed by atoms with van der Waals surface area (Å²) in [5.74, 6) is 1.50. The van der Waals surface area contributed by atoms with E-state index in [1.807, 2.05) is 42.2 Å². The standard InChI is InChI=1S/C30H35FN6O2/c1-4-8-21(2)28-32-29(27-22(3)34-37(30(27)33-28)25-13-11-24(31)12-14-25)36-17-15-35(16-18-36)26(38)20-39-19-23-9-6-5-7-10-23/h5-7,9-14,21H,4,8,15-20H2,1-3H3. The molecule has 1 fully saturated rings. The van der Waals surface area contributed by atoms with Gasteiger partial charge in [0, 0.05) is 32.1 Å². The van der Waals surface area contributed by atoms with Gasteiger partial charge in [-0.2, -0.15) is 5.10 Å². The lowest BCUT2D eigenvalue weighted by molar-refractivity contribution is -0.136. The Morgan fingerprint density at radius 3 is 2.44 bits per heavy atom. The van der Waals surface area contributed by atoms with Crippen molar-refractivity contribution < 1.29 is 13.9 Å². The Morgan fingerprint density at radius 1 is 1.03 bits per heavy atom. The number of ether oxygens (including phenoxy) is 1. The highest BCUT2D eigenvalue weighted by molar-refractivity contribution is 5.91. The third kappa shape index (κ3) is 5.93. The van der Waals surface area contributed by atoms with Crippen LogP contribution in [-0.4, -0.2) is 63.3 Å². The number of fused-ring (bicyclic) bond motifs is 1. The zero-order valence-electron chi connectivity index (χ0n) is 22.8. The van der Waals surface area contributed by atoms with E-state index in [1.165, 1.54) is 12.1 Å². The zero-order chi connectivity index (χ0) is 27.4. The molecule has 0 aliphatic carbocycles. The number of piperazine rings is 1. The fraction of sp³-hybridized carbons (Fsp3) is 0.400. The predicted molar refractivity (Wildman–Crippen MR) is 150 cm³/mol. The molecule has 9 heteroatoms. The number of hydrogen-bond donors (Lipinski definition) is 0. The lowest BCUT2D eigenvalue weighted by atomic mass is 10.1. The molecule has 0 N–H and O–H groups in total. The summed E-state index contributed by atoms with van der Waals surface area (Å²) in [4.78, 5) is 26.9. The van der Waals surface area contributed by atoms with Crippen molar-refractivity contribution in [2.24, 2.45) is 0 Å². The van der Waals surface area contributed by atoms with Crippen LogP contribution < -0.4 is 4.90 Å². The molecule has 204 valence electrons. The molecule has 8 nitrogen and oxygen atoms in total. The number of aromatic nitrogens is 4. The van der Waals surface area contributed by atoms with Gasteiger partial charge < -0.3 is 14.5 Å². The molecule has 1 unspecified atom stereocenters. The first-order valence-electron chi connectivity index (χ1n) is 13.6. The molecule has 3 heterocycles. The first-order valence-corrected chi connectivity index (χ1v) is 13.6. The molecule has 1 aliphatic heterocycles. The number of halogens is 1. The molecular formula is C30H35FN6O2. The third-order valence-electron chi connectivity index (χ3n) is 7.20. The van der Waals surface area contributed by atoms with Gasteiger partial charge in [0.25, 0.3) is 0 Å². The third-order valence-corrected chi connectivity index (χ3v) is 7.20. The molecule has 2 aromatic heterocycles. The summed E-state index contributed by atoms with van der Waals surface area (Å²) in [5, 5.41) is 5.66. The Balaban J connectivity index is 1.36. The molecule has 1 saturated heterocycles. The van der Waals surface area contributed by atoms with Crippen molar-refractivity contribution in [3.63, 3.8) is 0 Å². The second kappa shape index (κ2) is 11.9. The van der Waals surface area contributed by atoms with Crippen molar-refractivity contribution in [3.8, 4) is 5.69 Å². The van der Waals surface area contributed by atoms with Crippen LogP contribution in [0.1, 0.15) is 49.7 Å². The second-order valence-electron chi connectivity index (χ2n) is 10.1. The van der Waals surface area contributed by atoms with Crippen LogP contribution in [-0.2, 0) is 16.1 Å². The Morgan fingerprint density at radius 2 is 1.74 bits per heavy atom. The van der Waals surface area contributed by atoms with Gasteiger partial charge in [-0.15, -0.1) is 0 Å². The highest BCUT2D eigenvalue weighted by Gasteiger charge is 2.27. The molecule has 4 aromatic rings. The summed E-state index contributed by atoms with van der Waals surface area (Å²) in [6.45, 7) is 9.21. The van der Waals surface area contributed by atoms with Gasteiger partial charge in [-0.25, -0.2) is 19.0 Å². The van der Waals surface area contributed by atoms with Gasteiger partial charge in [0.2, 0.25) is 5.91 Å². The molecule has 1 amide bonds. The van der Waals surface area contributed by atoms with Crippen LogP contribution in [0.4, 0.5) is 10.2 Å². The zero-order valence-corrected chi connectivity index (χ0v) is 22.8. The Hall–Kier alpha value is -3.85. The number of benzene rings is 2. The van der Waals surface area contributed by atoms with Crippen LogP contribution in [0.2, 0.25) is 0 Å². The maximum atomic E-state index is 13.6. The molecule has 5 rings (SSSR count). The second-order valence-corrected chi connectivity index (χ2v) is 10.1. The number of amides is 1. The molecular weight excluding hydrogens is 495 g/mol. The lowest BCUT2D eigenvalue weighted by Crippen LogP contribution is -2.50. The summed E-state index contributed by atoms with van der Waals surface area (Å²) in [5.41, 5.74) is 3.33. The van der Waals surface area contributed by atoms with Gasteiger partial charge in [-0.3, -0.25) is 4.79 Å². The maximum Gasteiger partial charge on any atom is 0.248 e. The van der Waals surface area contributed by atoms with Gasteiger partial charge in [-0.05, 0) is 43.2 Å². The highest BCUT2D eigenvalue weighted by atomic mass is 19.1. The van der Waals surface area contributed by atoms with E-state index in [0.29, 0.717) is 32.8 Å². The first-order chi connectivity index (χ1) is 18.9. The van der Waals surface area contributed by atoms with Crippen molar-refractivity contribution in [1.29, 1.82) is 0 Å². The Bertz CT molecular complexity index is 1420.